The molecule has 3 rings (SSSR count). The van der Waals surface area contributed by atoms with Gasteiger partial charge in [-0.1, -0.05) is 6.07 Å². The smallest absolute Gasteiger partial charge is 0.159 e. The highest BCUT2D eigenvalue weighted by molar-refractivity contribution is 5.94. The lowest BCUT2D eigenvalue weighted by molar-refractivity contribution is 0.101. The number of Topliss-reactive ketones (excluding diaryl/α,β-unsaturated/α-hetero) is 1. The van der Waals surface area contributed by atoms with Crippen molar-refractivity contribution in [2.24, 2.45) is 0 Å². The SMILES string of the molecule is COc1ccc(C(C)=O)cc1COc1cccc(-n2cnnn2)c1. The van der Waals surface area contributed by atoms with E-state index in [2.05, 4.69) is 15.5 Å². The number of hydrogen-bond donors (Lipinski definition) is 0. The van der Waals surface area contributed by atoms with Crippen LogP contribution in [0.1, 0.15) is 22.8 Å². The maximum Gasteiger partial charge on any atom is 0.159 e. The summed E-state index contributed by atoms with van der Waals surface area (Å²) in [5, 5.41) is 11.1. The zero-order valence-corrected chi connectivity index (χ0v) is 13.3. The summed E-state index contributed by atoms with van der Waals surface area (Å²) < 4.78 is 12.7. The van der Waals surface area contributed by atoms with Crippen molar-refractivity contribution in [1.29, 1.82) is 0 Å². The third-order valence-corrected chi connectivity index (χ3v) is 3.51. The first-order valence-corrected chi connectivity index (χ1v) is 7.31. The highest BCUT2D eigenvalue weighted by atomic mass is 16.5. The van der Waals surface area contributed by atoms with Gasteiger partial charge in [-0.15, -0.1) is 5.10 Å². The molecule has 1 aromatic heterocycles. The Morgan fingerprint density at radius 1 is 1.21 bits per heavy atom. The third kappa shape index (κ3) is 3.40. The quantitative estimate of drug-likeness (QED) is 0.648. The number of hydrogen-bond acceptors (Lipinski definition) is 6. The fourth-order valence-electron chi connectivity index (χ4n) is 2.27. The number of benzene rings is 2. The summed E-state index contributed by atoms with van der Waals surface area (Å²) in [6.07, 6.45) is 1.51. The summed E-state index contributed by atoms with van der Waals surface area (Å²) in [7, 11) is 1.59. The lowest BCUT2D eigenvalue weighted by Crippen LogP contribution is -2.02. The normalized spacial score (nSPS) is 10.4. The Morgan fingerprint density at radius 2 is 2.08 bits per heavy atom. The van der Waals surface area contributed by atoms with E-state index >= 15 is 0 Å². The minimum absolute atomic E-state index is 0.000386. The molecule has 0 saturated carbocycles. The summed E-state index contributed by atoms with van der Waals surface area (Å²) in [5.41, 5.74) is 2.22. The van der Waals surface area contributed by atoms with E-state index in [1.54, 1.807) is 30.0 Å². The number of rotatable bonds is 6. The molecule has 24 heavy (non-hydrogen) atoms. The van der Waals surface area contributed by atoms with E-state index in [4.69, 9.17) is 9.47 Å². The Bertz CT molecular complexity index is 847. The fourth-order valence-corrected chi connectivity index (χ4v) is 2.27. The number of ether oxygens (including phenoxy) is 2. The van der Waals surface area contributed by atoms with Crippen molar-refractivity contribution in [3.8, 4) is 17.2 Å². The summed E-state index contributed by atoms with van der Waals surface area (Å²) in [6, 6.07) is 12.7. The molecule has 1 heterocycles. The summed E-state index contributed by atoms with van der Waals surface area (Å²) in [4.78, 5) is 11.5. The molecular formula is C17H16N4O3. The van der Waals surface area contributed by atoms with Crippen molar-refractivity contribution in [1.82, 2.24) is 20.2 Å². The highest BCUT2D eigenvalue weighted by Gasteiger charge is 2.09. The average Bonchev–Trinajstić information content (AvgIpc) is 3.14. The van der Waals surface area contributed by atoms with Gasteiger partial charge in [0, 0.05) is 17.2 Å². The lowest BCUT2D eigenvalue weighted by atomic mass is 10.1. The molecule has 0 bridgehead atoms. The van der Waals surface area contributed by atoms with E-state index in [1.807, 2.05) is 24.3 Å². The summed E-state index contributed by atoms with van der Waals surface area (Å²) >= 11 is 0. The Hall–Kier alpha value is -3.22. The zero-order valence-electron chi connectivity index (χ0n) is 13.3. The maximum atomic E-state index is 11.5. The van der Waals surface area contributed by atoms with Crippen LogP contribution in [0, 0.1) is 0 Å². The van der Waals surface area contributed by atoms with Gasteiger partial charge >= 0.3 is 0 Å². The predicted octanol–water partition coefficient (Wildman–Crippen LogP) is 2.45. The monoisotopic (exact) mass is 324 g/mol. The fraction of sp³-hybridized carbons (Fsp3) is 0.176. The van der Waals surface area contributed by atoms with Crippen molar-refractivity contribution >= 4 is 5.78 Å². The number of carbonyl (C=O) groups excluding carboxylic acids is 1. The van der Waals surface area contributed by atoms with Crippen LogP contribution in [-0.4, -0.2) is 33.1 Å². The van der Waals surface area contributed by atoms with Gasteiger partial charge in [-0.3, -0.25) is 4.79 Å². The van der Waals surface area contributed by atoms with Crippen LogP contribution in [-0.2, 0) is 6.61 Å². The molecule has 7 heteroatoms. The van der Waals surface area contributed by atoms with E-state index in [0.29, 0.717) is 17.1 Å². The molecule has 2 aromatic carbocycles. The molecule has 0 unspecified atom stereocenters. The predicted molar refractivity (Wildman–Crippen MR) is 86.5 cm³/mol. The topological polar surface area (TPSA) is 79.1 Å². The summed E-state index contributed by atoms with van der Waals surface area (Å²) in [6.45, 7) is 1.81. The van der Waals surface area contributed by atoms with Crippen LogP contribution in [0.4, 0.5) is 0 Å². The number of nitrogens with zero attached hydrogens (tertiary/aromatic N) is 4. The van der Waals surface area contributed by atoms with E-state index in [9.17, 15) is 4.79 Å². The molecule has 0 amide bonds. The molecule has 3 aromatic rings. The van der Waals surface area contributed by atoms with Crippen LogP contribution in [0.2, 0.25) is 0 Å². The minimum atomic E-state index is -0.000386. The van der Waals surface area contributed by atoms with Gasteiger partial charge in [0.15, 0.2) is 5.78 Å². The maximum absolute atomic E-state index is 11.5. The van der Waals surface area contributed by atoms with E-state index in [-0.39, 0.29) is 12.4 Å². The summed E-state index contributed by atoms with van der Waals surface area (Å²) in [5.74, 6) is 1.34. The molecule has 0 aliphatic carbocycles. The Kier molecular flexibility index (Phi) is 4.51. The number of methoxy groups -OCH3 is 1. The van der Waals surface area contributed by atoms with E-state index in [0.717, 1.165) is 11.3 Å². The van der Waals surface area contributed by atoms with E-state index < -0.39 is 0 Å². The number of ketones is 1. The zero-order chi connectivity index (χ0) is 16.9. The molecule has 0 atom stereocenters. The number of aromatic nitrogens is 4. The molecule has 0 radical (unpaired) electrons. The first-order valence-electron chi connectivity index (χ1n) is 7.31. The van der Waals surface area contributed by atoms with Gasteiger partial charge in [0.25, 0.3) is 0 Å². The van der Waals surface area contributed by atoms with Gasteiger partial charge in [0.2, 0.25) is 0 Å². The van der Waals surface area contributed by atoms with Gasteiger partial charge < -0.3 is 9.47 Å². The number of carbonyl (C=O) groups is 1. The molecule has 0 saturated heterocycles. The van der Waals surface area contributed by atoms with Crippen molar-refractivity contribution in [3.05, 3.63) is 59.9 Å². The molecule has 0 aliphatic heterocycles. The minimum Gasteiger partial charge on any atom is -0.496 e. The Balaban J connectivity index is 1.79. The molecule has 0 spiro atoms. The first kappa shape index (κ1) is 15.7. The molecule has 0 fully saturated rings. The highest BCUT2D eigenvalue weighted by Crippen LogP contribution is 2.23. The van der Waals surface area contributed by atoms with Crippen LogP contribution >= 0.6 is 0 Å². The van der Waals surface area contributed by atoms with Crippen LogP contribution in [0.15, 0.2) is 48.8 Å². The van der Waals surface area contributed by atoms with Crippen LogP contribution < -0.4 is 9.47 Å². The second kappa shape index (κ2) is 6.91. The van der Waals surface area contributed by atoms with Crippen molar-refractivity contribution in [2.75, 3.05) is 7.11 Å². The second-order valence-electron chi connectivity index (χ2n) is 5.12. The molecular weight excluding hydrogens is 308 g/mol. The average molecular weight is 324 g/mol. The first-order chi connectivity index (χ1) is 11.7. The van der Waals surface area contributed by atoms with Crippen LogP contribution in [0.25, 0.3) is 5.69 Å². The van der Waals surface area contributed by atoms with Gasteiger partial charge in [-0.05, 0) is 47.7 Å². The van der Waals surface area contributed by atoms with Gasteiger partial charge in [-0.2, -0.15) is 0 Å². The second-order valence-corrected chi connectivity index (χ2v) is 5.12. The molecule has 122 valence electrons. The van der Waals surface area contributed by atoms with Gasteiger partial charge in [0.05, 0.1) is 12.8 Å². The van der Waals surface area contributed by atoms with Crippen molar-refractivity contribution in [2.45, 2.75) is 13.5 Å². The van der Waals surface area contributed by atoms with Gasteiger partial charge in [0.1, 0.15) is 24.4 Å². The third-order valence-electron chi connectivity index (χ3n) is 3.51. The lowest BCUT2D eigenvalue weighted by Gasteiger charge is -2.12. The van der Waals surface area contributed by atoms with E-state index in [1.165, 1.54) is 13.3 Å². The van der Waals surface area contributed by atoms with Crippen LogP contribution in [0.5, 0.6) is 11.5 Å². The number of tetrazole rings is 1. The molecule has 0 aliphatic rings. The molecule has 7 nitrogen and oxygen atoms in total. The van der Waals surface area contributed by atoms with Crippen molar-refractivity contribution < 1.29 is 14.3 Å². The molecule has 0 N–H and O–H groups in total. The van der Waals surface area contributed by atoms with Gasteiger partial charge in [-0.25, -0.2) is 4.68 Å². The Labute approximate surface area is 138 Å². The largest absolute Gasteiger partial charge is 0.496 e. The van der Waals surface area contributed by atoms with Crippen molar-refractivity contribution in [3.63, 3.8) is 0 Å². The van der Waals surface area contributed by atoms with Crippen LogP contribution in [0.3, 0.4) is 0 Å². The standard InChI is InChI=1S/C17H16N4O3/c1-12(22)13-6-7-17(23-2)14(8-13)10-24-16-5-3-4-15(9-16)21-11-18-19-20-21/h3-9,11H,10H2,1-2H3. The Morgan fingerprint density at radius 3 is 2.79 bits per heavy atom.